The van der Waals surface area contributed by atoms with Crippen LogP contribution in [0.25, 0.3) is 0 Å². The zero-order valence-electron chi connectivity index (χ0n) is 8.72. The summed E-state index contributed by atoms with van der Waals surface area (Å²) in [6.07, 6.45) is 3.15. The molecule has 0 aliphatic carbocycles. The van der Waals surface area contributed by atoms with Gasteiger partial charge in [0.15, 0.2) is 0 Å². The van der Waals surface area contributed by atoms with Crippen molar-refractivity contribution in [1.82, 2.24) is 9.97 Å². The van der Waals surface area contributed by atoms with E-state index in [-0.39, 0.29) is 5.78 Å². The molecule has 0 unspecified atom stereocenters. The van der Waals surface area contributed by atoms with Crippen molar-refractivity contribution >= 4 is 17.4 Å². The number of benzene rings is 1. The Balaban J connectivity index is 2.18. The van der Waals surface area contributed by atoms with E-state index in [0.29, 0.717) is 16.4 Å². The van der Waals surface area contributed by atoms with E-state index in [4.69, 9.17) is 11.6 Å². The fourth-order valence-corrected chi connectivity index (χ4v) is 1.28. The van der Waals surface area contributed by atoms with Gasteiger partial charge in [-0.25, -0.2) is 9.97 Å². The highest BCUT2D eigenvalue weighted by atomic mass is 35.5. The zero-order valence-corrected chi connectivity index (χ0v) is 9.48. The van der Waals surface area contributed by atoms with Gasteiger partial charge in [0.2, 0.25) is 11.6 Å². The summed E-state index contributed by atoms with van der Waals surface area (Å²) >= 11 is 5.72. The number of carbonyl (C=O) groups excluding carboxylic acids is 1. The van der Waals surface area contributed by atoms with Crippen LogP contribution < -0.4 is 0 Å². The standard InChI is InChI=1S/C13H7ClN2O/c14-11-4-2-10(3-5-11)12(17)6-7-13-15-8-1-9-16-13/h1-5,8-9H. The maximum atomic E-state index is 11.7. The van der Waals surface area contributed by atoms with Crippen LogP contribution in [0.2, 0.25) is 5.02 Å². The maximum absolute atomic E-state index is 11.7. The smallest absolute Gasteiger partial charge is 0.236 e. The van der Waals surface area contributed by atoms with E-state index < -0.39 is 0 Å². The number of Topliss-reactive ketones (excluding diaryl/α,β-unsaturated/α-hetero) is 1. The van der Waals surface area contributed by atoms with E-state index >= 15 is 0 Å². The summed E-state index contributed by atoms with van der Waals surface area (Å²) in [5, 5.41) is 0.584. The van der Waals surface area contributed by atoms with Crippen molar-refractivity contribution in [1.29, 1.82) is 0 Å². The Morgan fingerprint density at radius 3 is 2.41 bits per heavy atom. The summed E-state index contributed by atoms with van der Waals surface area (Å²) in [6.45, 7) is 0. The lowest BCUT2D eigenvalue weighted by atomic mass is 10.1. The molecule has 1 aromatic heterocycles. The summed E-state index contributed by atoms with van der Waals surface area (Å²) < 4.78 is 0. The average molecular weight is 243 g/mol. The number of rotatable bonds is 1. The fourth-order valence-electron chi connectivity index (χ4n) is 1.15. The van der Waals surface area contributed by atoms with E-state index in [1.807, 2.05) is 0 Å². The second-order valence-corrected chi connectivity index (χ2v) is 3.59. The molecule has 0 radical (unpaired) electrons. The van der Waals surface area contributed by atoms with Crippen molar-refractivity contribution in [3.63, 3.8) is 0 Å². The highest BCUT2D eigenvalue weighted by Gasteiger charge is 2.01. The van der Waals surface area contributed by atoms with Crippen molar-refractivity contribution in [3.05, 3.63) is 59.1 Å². The summed E-state index contributed by atoms with van der Waals surface area (Å²) in [5.74, 6) is 5.13. The normalized spacial score (nSPS) is 9.24. The third-order valence-electron chi connectivity index (χ3n) is 1.96. The van der Waals surface area contributed by atoms with E-state index in [9.17, 15) is 4.79 Å². The van der Waals surface area contributed by atoms with Crippen molar-refractivity contribution in [2.45, 2.75) is 0 Å². The largest absolute Gasteiger partial charge is 0.279 e. The molecule has 0 aliphatic rings. The summed E-state index contributed by atoms with van der Waals surface area (Å²) in [5.41, 5.74) is 0.498. The number of hydrogen-bond donors (Lipinski definition) is 0. The minimum atomic E-state index is -0.283. The Hall–Kier alpha value is -2.18. The molecule has 4 heteroatoms. The Bertz CT molecular complexity index is 582. The van der Waals surface area contributed by atoms with Gasteiger partial charge in [-0.1, -0.05) is 11.6 Å². The first kappa shape index (κ1) is 11.3. The molecule has 82 valence electrons. The molecule has 0 atom stereocenters. The van der Waals surface area contributed by atoms with Gasteiger partial charge in [-0.2, -0.15) is 0 Å². The summed E-state index contributed by atoms with van der Waals surface area (Å²) in [7, 11) is 0. The molecule has 0 aliphatic heterocycles. The molecule has 17 heavy (non-hydrogen) atoms. The highest BCUT2D eigenvalue weighted by molar-refractivity contribution is 6.30. The number of halogens is 1. The number of ketones is 1. The first-order valence-corrected chi connectivity index (χ1v) is 5.22. The molecule has 0 spiro atoms. The molecule has 2 rings (SSSR count). The molecule has 2 aromatic rings. The predicted molar refractivity (Wildman–Crippen MR) is 64.7 cm³/mol. The van der Waals surface area contributed by atoms with E-state index in [1.54, 1.807) is 42.7 Å². The molecule has 0 fully saturated rings. The van der Waals surface area contributed by atoms with Gasteiger partial charge in [-0.3, -0.25) is 4.79 Å². The highest BCUT2D eigenvalue weighted by Crippen LogP contribution is 2.09. The lowest BCUT2D eigenvalue weighted by molar-refractivity contribution is 0.105. The topological polar surface area (TPSA) is 42.9 Å². The molecule has 0 saturated carbocycles. The van der Waals surface area contributed by atoms with Gasteiger partial charge in [0.1, 0.15) is 0 Å². The Kier molecular flexibility index (Phi) is 3.49. The third kappa shape index (κ3) is 3.13. The second-order valence-electron chi connectivity index (χ2n) is 3.16. The van der Waals surface area contributed by atoms with Crippen molar-refractivity contribution < 1.29 is 4.79 Å². The van der Waals surface area contributed by atoms with Gasteiger partial charge < -0.3 is 0 Å². The molecule has 0 N–H and O–H groups in total. The Morgan fingerprint density at radius 1 is 1.12 bits per heavy atom. The quantitative estimate of drug-likeness (QED) is 0.570. The fraction of sp³-hybridized carbons (Fsp3) is 0. The molecular formula is C13H7ClN2O. The monoisotopic (exact) mass is 242 g/mol. The summed E-state index contributed by atoms with van der Waals surface area (Å²) in [4.78, 5) is 19.5. The van der Waals surface area contributed by atoms with Crippen molar-refractivity contribution in [2.24, 2.45) is 0 Å². The van der Waals surface area contributed by atoms with Crippen molar-refractivity contribution in [2.75, 3.05) is 0 Å². The van der Waals surface area contributed by atoms with Gasteiger partial charge in [0, 0.05) is 23.0 Å². The number of aromatic nitrogens is 2. The number of hydrogen-bond acceptors (Lipinski definition) is 3. The summed E-state index contributed by atoms with van der Waals surface area (Å²) in [6, 6.07) is 8.24. The van der Waals surface area contributed by atoms with Gasteiger partial charge in [0.25, 0.3) is 0 Å². The van der Waals surface area contributed by atoms with E-state index in [0.717, 1.165) is 0 Å². The molecule has 0 saturated heterocycles. The maximum Gasteiger partial charge on any atom is 0.236 e. The zero-order chi connectivity index (χ0) is 12.1. The lowest BCUT2D eigenvalue weighted by Gasteiger charge is -1.93. The lowest BCUT2D eigenvalue weighted by Crippen LogP contribution is -1.95. The van der Waals surface area contributed by atoms with Crippen LogP contribution in [-0.2, 0) is 0 Å². The third-order valence-corrected chi connectivity index (χ3v) is 2.21. The molecule has 0 bridgehead atoms. The first-order valence-electron chi connectivity index (χ1n) is 4.84. The van der Waals surface area contributed by atoms with Crippen LogP contribution in [0.5, 0.6) is 0 Å². The minimum absolute atomic E-state index is 0.283. The SMILES string of the molecule is O=C(C#Cc1ncccn1)c1ccc(Cl)cc1. The molecular weight excluding hydrogens is 236 g/mol. The average Bonchev–Trinajstić information content (AvgIpc) is 2.38. The second kappa shape index (κ2) is 5.24. The van der Waals surface area contributed by atoms with E-state index in [2.05, 4.69) is 21.8 Å². The van der Waals surface area contributed by atoms with Crippen LogP contribution in [0.4, 0.5) is 0 Å². The van der Waals surface area contributed by atoms with Crippen LogP contribution in [0.15, 0.2) is 42.7 Å². The molecule has 1 heterocycles. The van der Waals surface area contributed by atoms with Gasteiger partial charge >= 0.3 is 0 Å². The molecule has 3 nitrogen and oxygen atoms in total. The number of carbonyl (C=O) groups is 1. The van der Waals surface area contributed by atoms with Crippen molar-refractivity contribution in [3.8, 4) is 11.8 Å². The van der Waals surface area contributed by atoms with Gasteiger partial charge in [0.05, 0.1) is 0 Å². The molecule has 0 amide bonds. The Morgan fingerprint density at radius 2 is 1.76 bits per heavy atom. The van der Waals surface area contributed by atoms with Crippen LogP contribution >= 0.6 is 11.6 Å². The Labute approximate surface area is 103 Å². The first-order chi connectivity index (χ1) is 8.25. The van der Waals surface area contributed by atoms with Crippen LogP contribution in [-0.4, -0.2) is 15.8 Å². The van der Waals surface area contributed by atoms with E-state index in [1.165, 1.54) is 0 Å². The molecule has 1 aromatic carbocycles. The van der Waals surface area contributed by atoms with Crippen LogP contribution in [0.3, 0.4) is 0 Å². The van der Waals surface area contributed by atoms with Crippen LogP contribution in [0, 0.1) is 11.8 Å². The number of nitrogens with zero attached hydrogens (tertiary/aromatic N) is 2. The minimum Gasteiger partial charge on any atom is -0.279 e. The van der Waals surface area contributed by atoms with Crippen LogP contribution in [0.1, 0.15) is 16.2 Å². The van der Waals surface area contributed by atoms with Gasteiger partial charge in [-0.15, -0.1) is 0 Å². The predicted octanol–water partition coefficient (Wildman–Crippen LogP) is 2.36. The van der Waals surface area contributed by atoms with Gasteiger partial charge in [-0.05, 0) is 42.2 Å².